The van der Waals surface area contributed by atoms with Crippen LogP contribution in [0, 0.1) is 0 Å². The zero-order valence-corrected chi connectivity index (χ0v) is 29.6. The second kappa shape index (κ2) is 13.4. The Morgan fingerprint density at radius 1 is 0.315 bits per heavy atom. The van der Waals surface area contributed by atoms with E-state index in [0.717, 1.165) is 39.2 Å². The average Bonchev–Trinajstić information content (AvgIpc) is 3.64. The largest absolute Gasteiger partial charge is 0.456 e. The Morgan fingerprint density at radius 2 is 0.796 bits per heavy atom. The predicted molar refractivity (Wildman–Crippen MR) is 228 cm³/mol. The number of fused-ring (bicyclic) bond motifs is 5. The van der Waals surface area contributed by atoms with E-state index in [0.29, 0.717) is 0 Å². The number of nitrogens with zero attached hydrogens (tertiary/aromatic N) is 1. The zero-order valence-electron chi connectivity index (χ0n) is 29.6. The standard InChI is InChI=1S/C52H35NO/c1-3-11-36(12-4-1)37-19-21-38(22-20-37)39-25-30-44(31-26-39)53(49-17-9-7-15-46(49)41-13-5-2-6-14-41)45-32-27-40(28-33-45)43-24-23-42-29-34-51-52(48(42)35-43)47-16-8-10-18-50(47)54-51/h1-35H. The third-order valence-electron chi connectivity index (χ3n) is 10.5. The first-order valence-electron chi connectivity index (χ1n) is 18.4. The van der Waals surface area contributed by atoms with E-state index in [2.05, 4.69) is 205 Å². The maximum Gasteiger partial charge on any atom is 0.136 e. The SMILES string of the molecule is c1ccc(-c2ccc(-c3ccc(N(c4ccc(-c5ccc6ccc7oc8ccccc8c7c6c5)cc4)c4ccccc4-c4ccccc4)cc3)cc2)cc1. The van der Waals surface area contributed by atoms with Crippen LogP contribution in [0.15, 0.2) is 217 Å². The van der Waals surface area contributed by atoms with Gasteiger partial charge in [-0.3, -0.25) is 0 Å². The van der Waals surface area contributed by atoms with Crippen LogP contribution in [0.3, 0.4) is 0 Å². The summed E-state index contributed by atoms with van der Waals surface area (Å²) in [4.78, 5) is 2.37. The Bertz CT molecular complexity index is 2890. The molecule has 54 heavy (non-hydrogen) atoms. The lowest BCUT2D eigenvalue weighted by Crippen LogP contribution is -2.11. The monoisotopic (exact) mass is 689 g/mol. The van der Waals surface area contributed by atoms with Crippen molar-refractivity contribution in [1.29, 1.82) is 0 Å². The van der Waals surface area contributed by atoms with E-state index in [9.17, 15) is 0 Å². The minimum atomic E-state index is 0.916. The summed E-state index contributed by atoms with van der Waals surface area (Å²) in [5.74, 6) is 0. The van der Waals surface area contributed by atoms with Crippen molar-refractivity contribution in [3.05, 3.63) is 212 Å². The maximum atomic E-state index is 6.22. The molecule has 1 heterocycles. The van der Waals surface area contributed by atoms with Crippen molar-refractivity contribution < 1.29 is 4.42 Å². The summed E-state index contributed by atoms with van der Waals surface area (Å²) in [5, 5.41) is 4.72. The van der Waals surface area contributed by atoms with E-state index >= 15 is 0 Å². The molecule has 2 nitrogen and oxygen atoms in total. The smallest absolute Gasteiger partial charge is 0.136 e. The van der Waals surface area contributed by atoms with Crippen molar-refractivity contribution in [2.45, 2.75) is 0 Å². The van der Waals surface area contributed by atoms with Gasteiger partial charge in [0, 0.05) is 27.7 Å². The van der Waals surface area contributed by atoms with Gasteiger partial charge in [0.15, 0.2) is 0 Å². The van der Waals surface area contributed by atoms with E-state index in [1.807, 2.05) is 12.1 Å². The van der Waals surface area contributed by atoms with Crippen LogP contribution in [0.2, 0.25) is 0 Å². The highest BCUT2D eigenvalue weighted by molar-refractivity contribution is 6.19. The zero-order chi connectivity index (χ0) is 35.8. The Balaban J connectivity index is 1.04. The van der Waals surface area contributed by atoms with Crippen molar-refractivity contribution >= 4 is 49.8 Å². The summed E-state index contributed by atoms with van der Waals surface area (Å²) in [6.45, 7) is 0. The minimum absolute atomic E-state index is 0.916. The number of rotatable bonds is 7. The Morgan fingerprint density at radius 3 is 1.46 bits per heavy atom. The lowest BCUT2D eigenvalue weighted by atomic mass is 9.97. The Kier molecular flexibility index (Phi) is 7.85. The highest BCUT2D eigenvalue weighted by Gasteiger charge is 2.18. The van der Waals surface area contributed by atoms with E-state index < -0.39 is 0 Å². The van der Waals surface area contributed by atoms with E-state index in [1.165, 1.54) is 55.1 Å². The molecule has 10 rings (SSSR count). The summed E-state index contributed by atoms with van der Waals surface area (Å²) in [5.41, 5.74) is 14.6. The highest BCUT2D eigenvalue weighted by atomic mass is 16.3. The molecule has 10 aromatic rings. The molecule has 0 aliphatic carbocycles. The number of benzene rings is 9. The van der Waals surface area contributed by atoms with Gasteiger partial charge in [-0.15, -0.1) is 0 Å². The molecule has 0 fully saturated rings. The first-order chi connectivity index (χ1) is 26.8. The van der Waals surface area contributed by atoms with Crippen LogP contribution < -0.4 is 4.90 Å². The Labute approximate surface area is 314 Å². The van der Waals surface area contributed by atoms with Crippen LogP contribution >= 0.6 is 0 Å². The molecule has 0 aliphatic rings. The van der Waals surface area contributed by atoms with Gasteiger partial charge in [0.25, 0.3) is 0 Å². The summed E-state index contributed by atoms with van der Waals surface area (Å²) in [6, 6.07) is 75.9. The van der Waals surface area contributed by atoms with E-state index in [1.54, 1.807) is 0 Å². The van der Waals surface area contributed by atoms with Crippen molar-refractivity contribution in [2.75, 3.05) is 4.90 Å². The molecule has 0 radical (unpaired) electrons. The molecule has 0 bridgehead atoms. The van der Waals surface area contributed by atoms with Gasteiger partial charge in [-0.25, -0.2) is 0 Å². The molecule has 254 valence electrons. The minimum Gasteiger partial charge on any atom is -0.456 e. The fourth-order valence-electron chi connectivity index (χ4n) is 7.77. The van der Waals surface area contributed by atoms with E-state index in [4.69, 9.17) is 4.42 Å². The molecule has 9 aromatic carbocycles. The third-order valence-corrected chi connectivity index (χ3v) is 10.5. The first-order valence-corrected chi connectivity index (χ1v) is 18.4. The lowest BCUT2D eigenvalue weighted by molar-refractivity contribution is 0.669. The molecule has 2 heteroatoms. The average molecular weight is 690 g/mol. The number of hydrogen-bond acceptors (Lipinski definition) is 2. The van der Waals surface area contributed by atoms with Gasteiger partial charge < -0.3 is 9.32 Å². The quantitative estimate of drug-likeness (QED) is 0.166. The summed E-state index contributed by atoms with van der Waals surface area (Å²) >= 11 is 0. The molecule has 0 unspecified atom stereocenters. The lowest BCUT2D eigenvalue weighted by Gasteiger charge is -2.28. The van der Waals surface area contributed by atoms with Crippen LogP contribution in [0.1, 0.15) is 0 Å². The fourth-order valence-corrected chi connectivity index (χ4v) is 7.77. The van der Waals surface area contributed by atoms with Crippen LogP contribution in [-0.4, -0.2) is 0 Å². The van der Waals surface area contributed by atoms with Gasteiger partial charge in [-0.1, -0.05) is 164 Å². The summed E-state index contributed by atoms with van der Waals surface area (Å²) in [6.07, 6.45) is 0. The number of hydrogen-bond donors (Lipinski definition) is 0. The molecule has 0 spiro atoms. The van der Waals surface area contributed by atoms with E-state index in [-0.39, 0.29) is 0 Å². The van der Waals surface area contributed by atoms with Gasteiger partial charge in [-0.2, -0.15) is 0 Å². The second-order valence-electron chi connectivity index (χ2n) is 13.7. The predicted octanol–water partition coefficient (Wildman–Crippen LogP) is 14.9. The van der Waals surface area contributed by atoms with Crippen LogP contribution in [-0.2, 0) is 0 Å². The number of para-hydroxylation sites is 2. The fraction of sp³-hybridized carbons (Fsp3) is 0. The number of anilines is 3. The Hall–Kier alpha value is -7.16. The molecule has 0 atom stereocenters. The number of furan rings is 1. The summed E-state index contributed by atoms with van der Waals surface area (Å²) in [7, 11) is 0. The molecular formula is C52H35NO. The van der Waals surface area contributed by atoms with Crippen molar-refractivity contribution in [3.63, 3.8) is 0 Å². The van der Waals surface area contributed by atoms with Crippen LogP contribution in [0.5, 0.6) is 0 Å². The van der Waals surface area contributed by atoms with Crippen LogP contribution in [0.4, 0.5) is 17.1 Å². The maximum absolute atomic E-state index is 6.22. The normalized spacial score (nSPS) is 11.3. The van der Waals surface area contributed by atoms with Crippen LogP contribution in [0.25, 0.3) is 77.2 Å². The van der Waals surface area contributed by atoms with Crippen molar-refractivity contribution in [2.24, 2.45) is 0 Å². The first kappa shape index (κ1) is 31.6. The molecule has 0 aliphatic heterocycles. The van der Waals surface area contributed by atoms with Gasteiger partial charge >= 0.3 is 0 Å². The van der Waals surface area contributed by atoms with Gasteiger partial charge in [0.1, 0.15) is 11.2 Å². The topological polar surface area (TPSA) is 16.4 Å². The molecule has 0 N–H and O–H groups in total. The molecule has 0 saturated carbocycles. The molecular weight excluding hydrogens is 655 g/mol. The second-order valence-corrected chi connectivity index (χ2v) is 13.7. The van der Waals surface area contributed by atoms with Crippen molar-refractivity contribution in [1.82, 2.24) is 0 Å². The van der Waals surface area contributed by atoms with Gasteiger partial charge in [0.2, 0.25) is 0 Å². The molecule has 0 saturated heterocycles. The van der Waals surface area contributed by atoms with Gasteiger partial charge in [0.05, 0.1) is 5.69 Å². The van der Waals surface area contributed by atoms with Crippen molar-refractivity contribution in [3.8, 4) is 44.5 Å². The van der Waals surface area contributed by atoms with Gasteiger partial charge in [-0.05, 0) is 98.2 Å². The third kappa shape index (κ3) is 5.71. The highest BCUT2D eigenvalue weighted by Crippen LogP contribution is 2.42. The molecule has 1 aromatic heterocycles. The molecule has 0 amide bonds. The summed E-state index contributed by atoms with van der Waals surface area (Å²) < 4.78 is 6.22.